The van der Waals surface area contributed by atoms with Gasteiger partial charge in [-0.05, 0) is 25.2 Å². The lowest BCUT2D eigenvalue weighted by atomic mass is 9.79. The van der Waals surface area contributed by atoms with Crippen molar-refractivity contribution >= 4 is 5.97 Å². The second kappa shape index (κ2) is 4.85. The predicted molar refractivity (Wildman–Crippen MR) is 62.6 cm³/mol. The van der Waals surface area contributed by atoms with Crippen molar-refractivity contribution in [2.75, 3.05) is 0 Å². The van der Waals surface area contributed by atoms with Crippen LogP contribution >= 0.6 is 0 Å². The van der Waals surface area contributed by atoms with E-state index < -0.39 is 5.97 Å². The highest BCUT2D eigenvalue weighted by atomic mass is 16.4. The zero-order valence-electron chi connectivity index (χ0n) is 10.2. The molecule has 17 heavy (non-hydrogen) atoms. The van der Waals surface area contributed by atoms with Gasteiger partial charge < -0.3 is 5.11 Å². The standard InChI is InChI=1S/C12H19N3O2/c1-2-15-10(13-9-14-15)7-12(8-11(16)17)5-3-4-6-12/h9H,2-8H2,1H3,(H,16,17). The van der Waals surface area contributed by atoms with E-state index in [0.717, 1.165) is 44.5 Å². The maximum absolute atomic E-state index is 11.0. The van der Waals surface area contributed by atoms with Gasteiger partial charge in [-0.2, -0.15) is 5.10 Å². The monoisotopic (exact) mass is 237 g/mol. The van der Waals surface area contributed by atoms with Crippen LogP contribution in [0.5, 0.6) is 0 Å². The van der Waals surface area contributed by atoms with Gasteiger partial charge in [0, 0.05) is 13.0 Å². The van der Waals surface area contributed by atoms with E-state index in [9.17, 15) is 4.79 Å². The van der Waals surface area contributed by atoms with Crippen LogP contribution < -0.4 is 0 Å². The van der Waals surface area contributed by atoms with Crippen LogP contribution in [0, 0.1) is 5.41 Å². The normalized spacial score (nSPS) is 18.4. The largest absolute Gasteiger partial charge is 0.481 e. The van der Waals surface area contributed by atoms with E-state index in [-0.39, 0.29) is 11.8 Å². The number of carbonyl (C=O) groups is 1. The van der Waals surface area contributed by atoms with Gasteiger partial charge in [0.05, 0.1) is 6.42 Å². The molecule has 0 saturated heterocycles. The van der Waals surface area contributed by atoms with Crippen molar-refractivity contribution in [3.63, 3.8) is 0 Å². The molecule has 1 aromatic rings. The summed E-state index contributed by atoms with van der Waals surface area (Å²) in [5, 5.41) is 13.2. The van der Waals surface area contributed by atoms with Gasteiger partial charge in [-0.15, -0.1) is 0 Å². The Morgan fingerprint density at radius 3 is 2.82 bits per heavy atom. The average Bonchev–Trinajstić information content (AvgIpc) is 2.87. The molecule has 1 saturated carbocycles. The van der Waals surface area contributed by atoms with Gasteiger partial charge in [0.1, 0.15) is 12.2 Å². The molecule has 0 spiro atoms. The van der Waals surface area contributed by atoms with Crippen LogP contribution in [0.1, 0.15) is 44.9 Å². The van der Waals surface area contributed by atoms with E-state index in [0.29, 0.717) is 0 Å². The number of hydrogen-bond acceptors (Lipinski definition) is 3. The molecule has 1 fully saturated rings. The van der Waals surface area contributed by atoms with Crippen molar-refractivity contribution in [1.82, 2.24) is 14.8 Å². The van der Waals surface area contributed by atoms with Crippen LogP contribution in [0.2, 0.25) is 0 Å². The number of aryl methyl sites for hydroxylation is 1. The Hall–Kier alpha value is -1.39. The highest BCUT2D eigenvalue weighted by molar-refractivity contribution is 5.67. The molecule has 94 valence electrons. The van der Waals surface area contributed by atoms with Crippen LogP contribution in [0.3, 0.4) is 0 Å². The highest BCUT2D eigenvalue weighted by Crippen LogP contribution is 2.43. The van der Waals surface area contributed by atoms with E-state index >= 15 is 0 Å². The Kier molecular flexibility index (Phi) is 3.45. The second-order valence-electron chi connectivity index (χ2n) is 4.95. The summed E-state index contributed by atoms with van der Waals surface area (Å²) in [7, 11) is 0. The van der Waals surface area contributed by atoms with Gasteiger partial charge in [0.25, 0.3) is 0 Å². The van der Waals surface area contributed by atoms with Gasteiger partial charge in [-0.1, -0.05) is 12.8 Å². The van der Waals surface area contributed by atoms with Crippen LogP contribution in [0.15, 0.2) is 6.33 Å². The molecule has 0 atom stereocenters. The Morgan fingerprint density at radius 2 is 2.24 bits per heavy atom. The summed E-state index contributed by atoms with van der Waals surface area (Å²) in [5.41, 5.74) is -0.0915. The second-order valence-corrected chi connectivity index (χ2v) is 4.95. The Morgan fingerprint density at radius 1 is 1.53 bits per heavy atom. The number of aromatic nitrogens is 3. The van der Waals surface area contributed by atoms with Crippen molar-refractivity contribution < 1.29 is 9.90 Å². The first-order valence-corrected chi connectivity index (χ1v) is 6.24. The van der Waals surface area contributed by atoms with Gasteiger partial charge in [0.15, 0.2) is 0 Å². The quantitative estimate of drug-likeness (QED) is 0.849. The molecule has 0 radical (unpaired) electrons. The van der Waals surface area contributed by atoms with E-state index in [1.807, 2.05) is 11.6 Å². The SMILES string of the molecule is CCn1ncnc1CC1(CC(=O)O)CCCC1. The van der Waals surface area contributed by atoms with E-state index in [1.54, 1.807) is 6.33 Å². The smallest absolute Gasteiger partial charge is 0.303 e. The zero-order chi connectivity index (χ0) is 12.3. The molecule has 5 nitrogen and oxygen atoms in total. The lowest BCUT2D eigenvalue weighted by Crippen LogP contribution is -2.25. The van der Waals surface area contributed by atoms with Gasteiger partial charge in [-0.3, -0.25) is 9.48 Å². The summed E-state index contributed by atoms with van der Waals surface area (Å²) in [6, 6.07) is 0. The molecular formula is C12H19N3O2. The predicted octanol–water partition coefficient (Wildman–Crippen LogP) is 1.88. The summed E-state index contributed by atoms with van der Waals surface area (Å²) in [6.07, 6.45) is 6.81. The molecule has 1 aromatic heterocycles. The van der Waals surface area contributed by atoms with Gasteiger partial charge >= 0.3 is 5.97 Å². The van der Waals surface area contributed by atoms with Crippen molar-refractivity contribution in [2.24, 2.45) is 5.41 Å². The molecule has 0 aromatic carbocycles. The molecule has 0 amide bonds. The Balaban J connectivity index is 2.15. The van der Waals surface area contributed by atoms with Crippen LogP contribution in [-0.4, -0.2) is 25.8 Å². The van der Waals surface area contributed by atoms with Crippen LogP contribution in [0.4, 0.5) is 0 Å². The number of aliphatic carboxylic acids is 1. The molecule has 1 heterocycles. The first-order valence-electron chi connectivity index (χ1n) is 6.24. The zero-order valence-corrected chi connectivity index (χ0v) is 10.2. The number of hydrogen-bond donors (Lipinski definition) is 1. The lowest BCUT2D eigenvalue weighted by Gasteiger charge is -2.26. The van der Waals surface area contributed by atoms with Crippen LogP contribution in [0.25, 0.3) is 0 Å². The number of rotatable bonds is 5. The molecule has 0 unspecified atom stereocenters. The third-order valence-electron chi connectivity index (χ3n) is 3.72. The highest BCUT2D eigenvalue weighted by Gasteiger charge is 2.37. The molecule has 1 aliphatic carbocycles. The average molecular weight is 237 g/mol. The molecule has 1 aliphatic rings. The minimum atomic E-state index is -0.700. The number of nitrogens with zero attached hydrogens (tertiary/aromatic N) is 3. The molecule has 1 N–H and O–H groups in total. The van der Waals surface area contributed by atoms with Gasteiger partial charge in [0.2, 0.25) is 0 Å². The molecule has 5 heteroatoms. The molecule has 0 bridgehead atoms. The van der Waals surface area contributed by atoms with Crippen molar-refractivity contribution in [3.05, 3.63) is 12.2 Å². The summed E-state index contributed by atoms with van der Waals surface area (Å²) >= 11 is 0. The lowest BCUT2D eigenvalue weighted by molar-refractivity contribution is -0.139. The molecule has 2 rings (SSSR count). The third kappa shape index (κ3) is 2.65. The summed E-state index contributed by atoms with van der Waals surface area (Å²) < 4.78 is 1.86. The summed E-state index contributed by atoms with van der Waals surface area (Å²) in [6.45, 7) is 2.81. The van der Waals surface area contributed by atoms with Crippen molar-refractivity contribution in [1.29, 1.82) is 0 Å². The summed E-state index contributed by atoms with van der Waals surface area (Å²) in [5.74, 6) is 0.227. The molecular weight excluding hydrogens is 218 g/mol. The third-order valence-corrected chi connectivity index (χ3v) is 3.72. The Labute approximate surface area is 101 Å². The first kappa shape index (κ1) is 12.1. The Bertz CT molecular complexity index is 394. The van der Waals surface area contributed by atoms with E-state index in [1.165, 1.54) is 0 Å². The first-order chi connectivity index (χ1) is 8.15. The number of carboxylic acids is 1. The fourth-order valence-corrected chi connectivity index (χ4v) is 2.89. The van der Waals surface area contributed by atoms with E-state index in [2.05, 4.69) is 10.1 Å². The van der Waals surface area contributed by atoms with Crippen molar-refractivity contribution in [3.8, 4) is 0 Å². The maximum Gasteiger partial charge on any atom is 0.303 e. The number of carboxylic acid groups (broad SMARTS) is 1. The minimum absolute atomic E-state index is 0.0915. The fraction of sp³-hybridized carbons (Fsp3) is 0.750. The minimum Gasteiger partial charge on any atom is -0.481 e. The van der Waals surface area contributed by atoms with Crippen LogP contribution in [-0.2, 0) is 17.8 Å². The summed E-state index contributed by atoms with van der Waals surface area (Å²) in [4.78, 5) is 15.3. The van der Waals surface area contributed by atoms with Crippen molar-refractivity contribution in [2.45, 2.75) is 52.0 Å². The van der Waals surface area contributed by atoms with Gasteiger partial charge in [-0.25, -0.2) is 4.98 Å². The topological polar surface area (TPSA) is 68.0 Å². The fourth-order valence-electron chi connectivity index (χ4n) is 2.89. The maximum atomic E-state index is 11.0. The molecule has 0 aliphatic heterocycles. The van der Waals surface area contributed by atoms with E-state index in [4.69, 9.17) is 5.11 Å².